The van der Waals surface area contributed by atoms with Gasteiger partial charge < -0.3 is 71.8 Å². The Labute approximate surface area is 830 Å². The lowest BCUT2D eigenvalue weighted by atomic mass is 9.85. The molecule has 21 heterocycles. The Kier molecular flexibility index (Phi) is 29.0. The average molecular weight is 2060 g/mol. The summed E-state index contributed by atoms with van der Waals surface area (Å²) < 4.78 is 195. The maximum Gasteiger partial charge on any atom is 0.405 e. The third-order valence-electron chi connectivity index (χ3n) is 27.2. The molecule has 1 saturated carbocycles. The summed E-state index contributed by atoms with van der Waals surface area (Å²) in [5.41, 5.74) is 9.41. The van der Waals surface area contributed by atoms with Crippen molar-refractivity contribution in [2.24, 2.45) is 46.6 Å². The van der Waals surface area contributed by atoms with Crippen LogP contribution in [0.3, 0.4) is 0 Å². The van der Waals surface area contributed by atoms with Gasteiger partial charge in [0.2, 0.25) is 41.6 Å². The Morgan fingerprint density at radius 3 is 0.905 bits per heavy atom. The third-order valence-corrected chi connectivity index (χ3v) is 27.2. The van der Waals surface area contributed by atoms with Crippen LogP contribution in [0.15, 0.2) is 135 Å². The molecule has 11 atom stereocenters. The molecule has 10 aromatic rings. The van der Waals surface area contributed by atoms with E-state index in [1.807, 2.05) is 66.4 Å². The Bertz CT molecular complexity index is 6350. The van der Waals surface area contributed by atoms with Crippen molar-refractivity contribution in [3.05, 3.63) is 181 Å². The summed E-state index contributed by atoms with van der Waals surface area (Å²) in [6.45, 7) is -1.08. The molecule has 0 spiro atoms. The zero-order chi connectivity index (χ0) is 104. The van der Waals surface area contributed by atoms with Gasteiger partial charge in [0.1, 0.15) is 36.7 Å². The Morgan fingerprint density at radius 2 is 0.646 bits per heavy atom. The number of rotatable bonds is 21. The van der Waals surface area contributed by atoms with Crippen molar-refractivity contribution in [1.82, 2.24) is 139 Å². The van der Waals surface area contributed by atoms with Crippen LogP contribution in [0.2, 0.25) is 0 Å². The predicted octanol–water partition coefficient (Wildman–Crippen LogP) is 14.2. The van der Waals surface area contributed by atoms with Gasteiger partial charge in [-0.15, -0.1) is 0 Å². The van der Waals surface area contributed by atoms with E-state index in [1.54, 1.807) is 125 Å². The van der Waals surface area contributed by atoms with Crippen LogP contribution in [-0.4, -0.2) is 271 Å². The topological polar surface area (TPSA) is 425 Å². The summed E-state index contributed by atoms with van der Waals surface area (Å²) in [5, 5.41) is 41.2. The number of carbonyl (C=O) groups is 5. The van der Waals surface area contributed by atoms with Crippen LogP contribution >= 0.6 is 0 Å². The first kappa shape index (κ1) is 102. The standard InChI is InChI=1S/C20H22F2N6O.C20H24N6O2.3C18H19F4N7O/c1-27-11-14(10-24-27)25-19-23-5-4-17(26-19)12-6-15-2-3-16(7-12)28(15)18(29)8-13-9-20(13,21)22;1-20(11-28-12-20)18(27)26-15-3-4-16(26)8-13(7-15)17-5-6-21-19(24-17)23-14-9-22-25(2)10-14;3*1-28-8-11(6-25-28)26-16-23-7-14(19)15(27-16)10-4-12-2-3-13(5-10)29(12)17(30)24-9-18(20,21)22/h4-6,10-11,13,15-16H,2-3,7-9H2,1H3,(H,23,25,26);5-7,9-10,15-16H,3-4,8,11-12H2,1-2H3,(H,21,23,24);3*4,6-8,12-13H,2-3,5,9H2,1H3,(H,24,30)(H,23,26,27)/t;;2*12-,13+;/m..10./s1. The van der Waals surface area contributed by atoms with Gasteiger partial charge in [0.15, 0.2) is 17.5 Å². The summed E-state index contributed by atoms with van der Waals surface area (Å²) in [6.07, 6.45) is 29.3. The van der Waals surface area contributed by atoms with Crippen LogP contribution < -0.4 is 42.5 Å². The molecular formula is C94H103F14N33O6. The molecule has 7 unspecified atom stereocenters. The van der Waals surface area contributed by atoms with Crippen molar-refractivity contribution in [3.63, 3.8) is 0 Å². The van der Waals surface area contributed by atoms with Gasteiger partial charge in [-0.1, -0.05) is 30.4 Å². The molecule has 53 heteroatoms. The lowest BCUT2D eigenvalue weighted by Gasteiger charge is -2.44. The van der Waals surface area contributed by atoms with Gasteiger partial charge in [0.05, 0.1) is 138 Å². The number of amides is 8. The summed E-state index contributed by atoms with van der Waals surface area (Å²) in [4.78, 5) is 113. The molecule has 7 fully saturated rings. The lowest BCUT2D eigenvalue weighted by molar-refractivity contribution is -0.171. The minimum absolute atomic E-state index is 0.0340. The SMILES string of the molecule is Cn1cc(Nc2ncc(F)c(C3=CC4CCC(C3)N4C(=O)NCC(F)(F)F)n2)cn1.Cn1cc(Nc2ncc(F)c(C3=C[C@@H]4CC[C@H](C3)N4C(=O)NCC(F)(F)F)n2)cn1.Cn1cc(Nc2ncc(F)c(C3=C[C@H]4CC[C@@H](C3)N4C(=O)NCC(F)(F)F)n2)cn1.Cn1cc(Nc2nccc(C3=CC4CCC(C3)N4C(=O)C3(C)COC3)n2)cn1.Cn1cc(Nc2nccc(C3=CC4CCC(C3)N4C(=O)CC3CC3(F)F)n2)cn1. The van der Waals surface area contributed by atoms with E-state index in [-0.39, 0.29) is 107 Å². The number of ether oxygens (including phenoxy) is 1. The third kappa shape index (κ3) is 24.3. The highest BCUT2D eigenvalue weighted by molar-refractivity contribution is 5.87. The van der Waals surface area contributed by atoms with Crippen molar-refractivity contribution in [2.45, 2.75) is 201 Å². The van der Waals surface area contributed by atoms with Crippen LogP contribution in [0.5, 0.6) is 0 Å². The summed E-state index contributed by atoms with van der Waals surface area (Å²) in [6, 6.07) is -0.219. The molecule has 10 bridgehead atoms. The van der Waals surface area contributed by atoms with Gasteiger partial charge in [-0.25, -0.2) is 86.2 Å². The number of aryl methyl sites for hydroxylation is 5. The molecule has 6 saturated heterocycles. The number of aromatic nitrogens is 20. The summed E-state index contributed by atoms with van der Waals surface area (Å²) in [5.74, 6) is -3.53. The Morgan fingerprint density at radius 1 is 0.374 bits per heavy atom. The maximum atomic E-state index is 14.5. The molecule has 0 aromatic carbocycles. The van der Waals surface area contributed by atoms with E-state index in [0.717, 1.165) is 79.0 Å². The highest BCUT2D eigenvalue weighted by Gasteiger charge is 2.59. The quantitative estimate of drug-likeness (QED) is 0.0310. The molecule has 147 heavy (non-hydrogen) atoms. The maximum absolute atomic E-state index is 14.5. The number of alkyl halides is 11. The number of carbonyl (C=O) groups excluding carboxylic acids is 5. The molecule has 8 amide bonds. The fourth-order valence-electron chi connectivity index (χ4n) is 20.4. The summed E-state index contributed by atoms with van der Waals surface area (Å²) in [7, 11) is 8.96. The first-order valence-electron chi connectivity index (χ1n) is 47.5. The number of hydrogen-bond acceptors (Lipinski definition) is 26. The van der Waals surface area contributed by atoms with E-state index in [1.165, 1.54) is 20.3 Å². The first-order chi connectivity index (χ1) is 70.0. The molecule has 778 valence electrons. The highest BCUT2D eigenvalue weighted by atomic mass is 19.4. The molecule has 1 aliphatic carbocycles. The second-order valence-corrected chi connectivity index (χ2v) is 38.3. The van der Waals surface area contributed by atoms with Crippen LogP contribution in [0.25, 0.3) is 27.9 Å². The van der Waals surface area contributed by atoms with Gasteiger partial charge in [-0.2, -0.15) is 65.0 Å². The van der Waals surface area contributed by atoms with Crippen molar-refractivity contribution in [2.75, 3.05) is 59.4 Å². The van der Waals surface area contributed by atoms with Crippen molar-refractivity contribution in [3.8, 4) is 0 Å². The monoisotopic (exact) mass is 2060 g/mol. The van der Waals surface area contributed by atoms with E-state index in [0.29, 0.717) is 123 Å². The van der Waals surface area contributed by atoms with Crippen LogP contribution in [0.4, 0.5) is 134 Å². The average Bonchev–Trinajstić information content (AvgIpc) is 1.65. The molecule has 11 aliphatic heterocycles. The number of nitrogens with zero attached hydrogens (tertiary/aromatic N) is 25. The van der Waals surface area contributed by atoms with Crippen LogP contribution in [-0.2, 0) is 49.6 Å². The second-order valence-electron chi connectivity index (χ2n) is 38.3. The minimum atomic E-state index is -4.48. The fourth-order valence-corrected chi connectivity index (χ4v) is 20.4. The van der Waals surface area contributed by atoms with Crippen LogP contribution in [0, 0.1) is 28.8 Å². The summed E-state index contributed by atoms with van der Waals surface area (Å²) >= 11 is 0. The van der Waals surface area contributed by atoms with E-state index in [4.69, 9.17) is 9.72 Å². The van der Waals surface area contributed by atoms with Crippen molar-refractivity contribution < 1.29 is 90.2 Å². The largest absolute Gasteiger partial charge is 0.405 e. The van der Waals surface area contributed by atoms with Gasteiger partial charge in [-0.05, 0) is 143 Å². The highest BCUT2D eigenvalue weighted by Crippen LogP contribution is 2.53. The molecule has 10 aromatic heterocycles. The molecular weight excluding hydrogens is 1950 g/mol. The molecule has 22 rings (SSSR count). The van der Waals surface area contributed by atoms with E-state index >= 15 is 0 Å². The number of urea groups is 3. The number of anilines is 10. The smallest absolute Gasteiger partial charge is 0.379 e. The number of nitrogens with one attached hydrogen (secondary N) is 8. The normalized spacial score (nSPS) is 22.9. The van der Waals surface area contributed by atoms with Crippen molar-refractivity contribution >= 4 is 116 Å². The van der Waals surface area contributed by atoms with Gasteiger partial charge in [-0.3, -0.25) is 33.0 Å². The fraction of sp³-hybridized carbons (Fsp3) is 0.468. The minimum Gasteiger partial charge on any atom is -0.379 e. The van der Waals surface area contributed by atoms with Crippen molar-refractivity contribution in [1.29, 1.82) is 0 Å². The number of fused-ring (bicyclic) bond motifs is 10. The number of halogens is 14. The van der Waals surface area contributed by atoms with E-state index in [2.05, 4.69) is 114 Å². The number of hydrogen-bond donors (Lipinski definition) is 8. The Hall–Kier alpha value is -15.1. The second kappa shape index (κ2) is 41.8. The van der Waals surface area contributed by atoms with Gasteiger partial charge in [0, 0.05) is 128 Å². The van der Waals surface area contributed by atoms with Gasteiger partial charge >= 0.3 is 36.6 Å². The first-order valence-corrected chi connectivity index (χ1v) is 47.5. The zero-order valence-corrected chi connectivity index (χ0v) is 80.0. The molecule has 39 nitrogen and oxygen atoms in total. The lowest BCUT2D eigenvalue weighted by Crippen LogP contribution is -2.57. The zero-order valence-electron chi connectivity index (χ0n) is 80.0. The Balaban J connectivity index is 0.000000120. The molecule has 12 aliphatic rings. The van der Waals surface area contributed by atoms with Gasteiger partial charge in [0.25, 0.3) is 5.92 Å². The molecule has 8 N–H and O–H groups in total. The predicted molar refractivity (Wildman–Crippen MR) is 504 cm³/mol. The van der Waals surface area contributed by atoms with E-state index < -0.39 is 104 Å². The van der Waals surface area contributed by atoms with E-state index in [9.17, 15) is 85.4 Å². The molecule has 0 radical (unpaired) electrons. The van der Waals surface area contributed by atoms with Crippen LogP contribution in [0.1, 0.15) is 145 Å².